The molecule has 5 nitrogen and oxygen atoms in total. The zero-order valence-corrected chi connectivity index (χ0v) is 7.16. The molecule has 1 amide bonds. The van der Waals surface area contributed by atoms with Crippen LogP contribution in [-0.2, 0) is 9.59 Å². The lowest BCUT2D eigenvalue weighted by Crippen LogP contribution is -1.97. The molecule has 5 heteroatoms. The molecular formula is C7H10N2O3. The average Bonchev–Trinajstić information content (AvgIpc) is 1.84. The fourth-order valence-corrected chi connectivity index (χ4v) is 0.518. The maximum atomic E-state index is 10.7. The minimum Gasteiger partial charge on any atom is -0.510 e. The van der Waals surface area contributed by atoms with Crippen LogP contribution in [0.2, 0.25) is 0 Å². The second kappa shape index (κ2) is 4.38. The molecule has 0 atom stereocenters. The van der Waals surface area contributed by atoms with Gasteiger partial charge in [-0.2, -0.15) is 0 Å². The Hall–Kier alpha value is -1.52. The summed E-state index contributed by atoms with van der Waals surface area (Å²) in [4.78, 5) is 21.0. The van der Waals surface area contributed by atoms with E-state index in [0.717, 1.165) is 0 Å². The molecule has 0 spiro atoms. The molecule has 0 aromatic carbocycles. The van der Waals surface area contributed by atoms with Crippen LogP contribution < -0.4 is 0 Å². The molecule has 0 aliphatic rings. The van der Waals surface area contributed by atoms with E-state index in [4.69, 9.17) is 5.11 Å². The molecule has 0 heterocycles. The standard InChI is InChI=1S/C7H10N2O3/c1-4(10)7(5(2)11)9-8-6(3)12/h10H,1-3H3/b7-4-,9-8?. The lowest BCUT2D eigenvalue weighted by atomic mass is 10.3. The zero-order valence-electron chi connectivity index (χ0n) is 7.16. The minimum absolute atomic E-state index is 0.190. The van der Waals surface area contributed by atoms with E-state index in [1.165, 1.54) is 20.8 Å². The summed E-state index contributed by atoms with van der Waals surface area (Å²) in [7, 11) is 0. The number of allylic oxidation sites excluding steroid dienone is 2. The van der Waals surface area contributed by atoms with Crippen molar-refractivity contribution in [3.8, 4) is 0 Å². The molecule has 0 aromatic rings. The molecule has 0 rings (SSSR count). The van der Waals surface area contributed by atoms with Crippen molar-refractivity contribution in [2.24, 2.45) is 10.2 Å². The maximum absolute atomic E-state index is 10.7. The van der Waals surface area contributed by atoms with Crippen LogP contribution in [0.3, 0.4) is 0 Å². The van der Waals surface area contributed by atoms with E-state index < -0.39 is 11.7 Å². The highest BCUT2D eigenvalue weighted by Crippen LogP contribution is 2.04. The topological polar surface area (TPSA) is 79.1 Å². The van der Waals surface area contributed by atoms with Crippen molar-refractivity contribution in [3.63, 3.8) is 0 Å². The van der Waals surface area contributed by atoms with Crippen molar-refractivity contribution < 1.29 is 14.7 Å². The van der Waals surface area contributed by atoms with Crippen molar-refractivity contribution >= 4 is 11.7 Å². The van der Waals surface area contributed by atoms with Gasteiger partial charge in [-0.1, -0.05) is 0 Å². The third kappa shape index (κ3) is 3.60. The van der Waals surface area contributed by atoms with Crippen molar-refractivity contribution in [3.05, 3.63) is 11.5 Å². The highest BCUT2D eigenvalue weighted by molar-refractivity contribution is 5.93. The van der Waals surface area contributed by atoms with Gasteiger partial charge in [0.2, 0.25) is 0 Å². The Balaban J connectivity index is 4.70. The van der Waals surface area contributed by atoms with E-state index in [2.05, 4.69) is 10.2 Å². The fraction of sp³-hybridized carbons (Fsp3) is 0.429. The monoisotopic (exact) mass is 170 g/mol. The first kappa shape index (κ1) is 10.5. The summed E-state index contributed by atoms with van der Waals surface area (Å²) in [5.74, 6) is -1.19. The molecule has 66 valence electrons. The molecule has 0 saturated heterocycles. The van der Waals surface area contributed by atoms with E-state index in [9.17, 15) is 9.59 Å². The molecule has 0 aliphatic carbocycles. The number of amides is 1. The molecule has 0 aromatic heterocycles. The molecule has 0 bridgehead atoms. The van der Waals surface area contributed by atoms with Gasteiger partial charge >= 0.3 is 0 Å². The Labute approximate surface area is 69.8 Å². The van der Waals surface area contributed by atoms with Crippen molar-refractivity contribution in [1.29, 1.82) is 0 Å². The highest BCUT2D eigenvalue weighted by Gasteiger charge is 2.06. The Morgan fingerprint density at radius 2 is 1.58 bits per heavy atom. The molecule has 0 fully saturated rings. The summed E-state index contributed by atoms with van der Waals surface area (Å²) in [5, 5.41) is 15.3. The van der Waals surface area contributed by atoms with E-state index in [1.54, 1.807) is 0 Å². The van der Waals surface area contributed by atoms with Gasteiger partial charge in [-0.05, 0) is 6.92 Å². The first-order chi connectivity index (χ1) is 5.45. The quantitative estimate of drug-likeness (QED) is 0.386. The second-order valence-corrected chi connectivity index (χ2v) is 2.21. The number of aliphatic hydroxyl groups is 1. The lowest BCUT2D eigenvalue weighted by Gasteiger charge is -1.94. The van der Waals surface area contributed by atoms with Crippen LogP contribution in [0.25, 0.3) is 0 Å². The van der Waals surface area contributed by atoms with Gasteiger partial charge < -0.3 is 5.11 Å². The van der Waals surface area contributed by atoms with Crippen LogP contribution in [-0.4, -0.2) is 16.8 Å². The van der Waals surface area contributed by atoms with E-state index >= 15 is 0 Å². The van der Waals surface area contributed by atoms with Crippen molar-refractivity contribution in [1.82, 2.24) is 0 Å². The van der Waals surface area contributed by atoms with Gasteiger partial charge in [-0.3, -0.25) is 9.59 Å². The number of Topliss-reactive ketones (excluding diaryl/α,β-unsaturated/α-hetero) is 1. The smallest absolute Gasteiger partial charge is 0.261 e. The second-order valence-electron chi connectivity index (χ2n) is 2.21. The van der Waals surface area contributed by atoms with Crippen LogP contribution >= 0.6 is 0 Å². The van der Waals surface area contributed by atoms with Crippen LogP contribution in [0.4, 0.5) is 0 Å². The van der Waals surface area contributed by atoms with Crippen molar-refractivity contribution in [2.45, 2.75) is 20.8 Å². The predicted molar refractivity (Wildman–Crippen MR) is 41.5 cm³/mol. The number of ketones is 1. The third-order valence-corrected chi connectivity index (χ3v) is 0.967. The van der Waals surface area contributed by atoms with Gasteiger partial charge in [-0.15, -0.1) is 10.2 Å². The Morgan fingerprint density at radius 3 is 1.83 bits per heavy atom. The third-order valence-electron chi connectivity index (χ3n) is 0.967. The van der Waals surface area contributed by atoms with Gasteiger partial charge in [0.25, 0.3) is 5.91 Å². The number of azo groups is 1. The number of carbonyl (C=O) groups excluding carboxylic acids is 2. The van der Waals surface area contributed by atoms with Gasteiger partial charge in [0.05, 0.1) is 0 Å². The normalized spacial score (nSPS) is 12.9. The average molecular weight is 170 g/mol. The van der Waals surface area contributed by atoms with Gasteiger partial charge in [-0.25, -0.2) is 0 Å². The van der Waals surface area contributed by atoms with Gasteiger partial charge in [0.15, 0.2) is 11.5 Å². The van der Waals surface area contributed by atoms with Crippen molar-refractivity contribution in [2.75, 3.05) is 0 Å². The molecule has 1 N–H and O–H groups in total. The molecule has 0 saturated carbocycles. The number of carbonyl (C=O) groups is 2. The lowest BCUT2D eigenvalue weighted by molar-refractivity contribution is -0.116. The van der Waals surface area contributed by atoms with Gasteiger partial charge in [0.1, 0.15) is 5.76 Å². The Morgan fingerprint density at radius 1 is 1.08 bits per heavy atom. The highest BCUT2D eigenvalue weighted by atomic mass is 16.3. The molecular weight excluding hydrogens is 160 g/mol. The Kier molecular flexibility index (Phi) is 3.82. The Bertz CT molecular complexity index is 262. The SMILES string of the molecule is CC(=O)N=N/C(C(C)=O)=C(/C)O. The summed E-state index contributed by atoms with van der Waals surface area (Å²) in [5.41, 5.74) is -0.190. The van der Waals surface area contributed by atoms with Gasteiger partial charge in [0, 0.05) is 13.8 Å². The molecule has 12 heavy (non-hydrogen) atoms. The summed E-state index contributed by atoms with van der Waals surface area (Å²) >= 11 is 0. The van der Waals surface area contributed by atoms with E-state index in [1.807, 2.05) is 0 Å². The van der Waals surface area contributed by atoms with E-state index in [0.29, 0.717) is 0 Å². The summed E-state index contributed by atoms with van der Waals surface area (Å²) in [6.45, 7) is 3.73. The fourth-order valence-electron chi connectivity index (χ4n) is 0.518. The summed E-state index contributed by atoms with van der Waals surface area (Å²) in [6.07, 6.45) is 0. The van der Waals surface area contributed by atoms with Crippen LogP contribution in [0.1, 0.15) is 20.8 Å². The van der Waals surface area contributed by atoms with E-state index in [-0.39, 0.29) is 11.5 Å². The number of nitrogens with zero attached hydrogens (tertiary/aromatic N) is 2. The van der Waals surface area contributed by atoms with Crippen LogP contribution in [0.15, 0.2) is 21.7 Å². The largest absolute Gasteiger partial charge is 0.510 e. The summed E-state index contributed by atoms with van der Waals surface area (Å²) in [6, 6.07) is 0. The number of hydrogen-bond acceptors (Lipinski definition) is 4. The number of aliphatic hydroxyl groups excluding tert-OH is 1. The molecule has 0 radical (unpaired) electrons. The molecule has 0 unspecified atom stereocenters. The number of hydrogen-bond donors (Lipinski definition) is 1. The zero-order chi connectivity index (χ0) is 9.72. The van der Waals surface area contributed by atoms with Crippen LogP contribution in [0, 0.1) is 0 Å². The van der Waals surface area contributed by atoms with Crippen LogP contribution in [0.5, 0.6) is 0 Å². The predicted octanol–water partition coefficient (Wildman–Crippen LogP) is 1.36. The minimum atomic E-state index is -0.519. The molecule has 0 aliphatic heterocycles. The first-order valence-electron chi connectivity index (χ1n) is 3.28. The summed E-state index contributed by atoms with van der Waals surface area (Å²) < 4.78 is 0. The number of rotatable bonds is 2. The maximum Gasteiger partial charge on any atom is 0.261 e. The first-order valence-corrected chi connectivity index (χ1v) is 3.28.